The lowest BCUT2D eigenvalue weighted by Crippen LogP contribution is -2.41. The van der Waals surface area contributed by atoms with E-state index in [4.69, 9.17) is 5.41 Å². The molecule has 0 aliphatic heterocycles. The van der Waals surface area contributed by atoms with Crippen molar-refractivity contribution in [2.75, 3.05) is 19.4 Å². The van der Waals surface area contributed by atoms with Gasteiger partial charge in [-0.25, -0.2) is 0 Å². The summed E-state index contributed by atoms with van der Waals surface area (Å²) in [5.74, 6) is 0.706. The monoisotopic (exact) mass is 194 g/mol. The van der Waals surface area contributed by atoms with Gasteiger partial charge in [0, 0.05) is 26.5 Å². The van der Waals surface area contributed by atoms with Crippen LogP contribution in [-0.2, 0) is 0 Å². The lowest BCUT2D eigenvalue weighted by atomic mass is 10.5. The van der Waals surface area contributed by atoms with Crippen molar-refractivity contribution < 1.29 is 0 Å². The van der Waals surface area contributed by atoms with Crippen LogP contribution in [-0.4, -0.2) is 31.0 Å². The molecule has 14 heavy (non-hydrogen) atoms. The average Bonchev–Trinajstić information content (AvgIpc) is 2.66. The molecule has 1 aromatic rings. The Morgan fingerprint density at radius 3 is 2.86 bits per heavy atom. The van der Waals surface area contributed by atoms with Crippen LogP contribution in [0.3, 0.4) is 0 Å². The Bertz CT molecular complexity index is 313. The van der Waals surface area contributed by atoms with Crippen molar-refractivity contribution in [3.05, 3.63) is 18.5 Å². The topological polar surface area (TPSA) is 88.1 Å². The Hall–Kier alpha value is -1.98. The predicted molar refractivity (Wildman–Crippen MR) is 57.7 cm³/mol. The van der Waals surface area contributed by atoms with E-state index in [1.165, 1.54) is 0 Å². The van der Waals surface area contributed by atoms with Gasteiger partial charge >= 0.3 is 0 Å². The second-order valence-corrected chi connectivity index (χ2v) is 2.55. The third-order valence-corrected chi connectivity index (χ3v) is 1.57. The molecule has 0 atom stereocenters. The van der Waals surface area contributed by atoms with Gasteiger partial charge in [0.25, 0.3) is 0 Å². The number of aromatic nitrogens is 1. The number of aliphatic imine (C=N–C) groups is 1. The Labute approximate surface area is 82.3 Å². The molecule has 0 unspecified atom stereocenters. The summed E-state index contributed by atoms with van der Waals surface area (Å²) in [5.41, 5.74) is 0.828. The zero-order valence-corrected chi connectivity index (χ0v) is 8.18. The Morgan fingerprint density at radius 1 is 1.57 bits per heavy atom. The number of hydrogen-bond acceptors (Lipinski definition) is 2. The standard InChI is InChI=1S/C8H14N6/c1-10-8(11-2)14-7(9)13-6-3-4-12-5-6/h3-5,12H,1-2H3,(H4,9,10,11,13,14). The summed E-state index contributed by atoms with van der Waals surface area (Å²) in [6.07, 6.45) is 3.54. The second kappa shape index (κ2) is 4.90. The second-order valence-electron chi connectivity index (χ2n) is 2.55. The predicted octanol–water partition coefficient (Wildman–Crippen LogP) is 0.156. The Balaban J connectivity index is 2.44. The first-order chi connectivity index (χ1) is 6.76. The van der Waals surface area contributed by atoms with E-state index in [9.17, 15) is 0 Å². The number of nitrogens with one attached hydrogen (secondary N) is 5. The Kier molecular flexibility index (Phi) is 3.54. The normalized spacial score (nSPS) is 10.9. The van der Waals surface area contributed by atoms with Crippen LogP contribution in [0, 0.1) is 5.41 Å². The van der Waals surface area contributed by atoms with Crippen molar-refractivity contribution >= 4 is 17.6 Å². The molecule has 0 radical (unpaired) electrons. The van der Waals surface area contributed by atoms with Crippen molar-refractivity contribution in [1.29, 1.82) is 5.41 Å². The minimum atomic E-state index is 0.166. The van der Waals surface area contributed by atoms with Gasteiger partial charge in [-0.2, -0.15) is 0 Å². The number of anilines is 1. The highest BCUT2D eigenvalue weighted by Crippen LogP contribution is 2.01. The number of rotatable bonds is 1. The molecule has 0 aliphatic carbocycles. The smallest absolute Gasteiger partial charge is 0.199 e. The van der Waals surface area contributed by atoms with E-state index in [0.717, 1.165) is 5.69 Å². The fourth-order valence-electron chi connectivity index (χ4n) is 0.926. The molecule has 0 bridgehead atoms. The van der Waals surface area contributed by atoms with Crippen molar-refractivity contribution in [3.63, 3.8) is 0 Å². The van der Waals surface area contributed by atoms with Crippen molar-refractivity contribution in [3.8, 4) is 0 Å². The van der Waals surface area contributed by atoms with E-state index in [0.29, 0.717) is 5.96 Å². The van der Waals surface area contributed by atoms with Crippen molar-refractivity contribution in [1.82, 2.24) is 15.6 Å². The summed E-state index contributed by atoms with van der Waals surface area (Å²) < 4.78 is 0. The summed E-state index contributed by atoms with van der Waals surface area (Å²) in [5, 5.41) is 16.0. The van der Waals surface area contributed by atoms with Crippen LogP contribution in [0.15, 0.2) is 23.5 Å². The molecule has 0 aliphatic rings. The fourth-order valence-corrected chi connectivity index (χ4v) is 0.926. The van der Waals surface area contributed by atoms with Crippen LogP contribution in [0.2, 0.25) is 0 Å². The maximum atomic E-state index is 7.55. The van der Waals surface area contributed by atoms with E-state index in [1.807, 2.05) is 6.07 Å². The summed E-state index contributed by atoms with van der Waals surface area (Å²) in [7, 11) is 3.38. The van der Waals surface area contributed by atoms with Crippen LogP contribution < -0.4 is 16.0 Å². The van der Waals surface area contributed by atoms with Gasteiger partial charge in [0.05, 0.1) is 5.69 Å². The van der Waals surface area contributed by atoms with Gasteiger partial charge in [-0.1, -0.05) is 0 Å². The summed E-state index contributed by atoms with van der Waals surface area (Å²) >= 11 is 0. The van der Waals surface area contributed by atoms with Crippen molar-refractivity contribution in [2.24, 2.45) is 4.99 Å². The third kappa shape index (κ3) is 2.81. The molecule has 0 saturated carbocycles. The lowest BCUT2D eigenvalue weighted by Gasteiger charge is -2.09. The first-order valence-corrected chi connectivity index (χ1v) is 4.16. The molecule has 0 spiro atoms. The molecular formula is C8H14N6. The molecule has 1 rings (SSSR count). The Morgan fingerprint density at radius 2 is 2.36 bits per heavy atom. The number of nitrogens with zero attached hydrogens (tertiary/aromatic N) is 1. The van der Waals surface area contributed by atoms with E-state index in [1.54, 1.807) is 26.5 Å². The van der Waals surface area contributed by atoms with Gasteiger partial charge in [-0.15, -0.1) is 0 Å². The van der Waals surface area contributed by atoms with Gasteiger partial charge in [0.15, 0.2) is 11.9 Å². The van der Waals surface area contributed by atoms with E-state index in [-0.39, 0.29) is 5.96 Å². The summed E-state index contributed by atoms with van der Waals surface area (Å²) in [6.45, 7) is 0. The third-order valence-electron chi connectivity index (χ3n) is 1.57. The van der Waals surface area contributed by atoms with Crippen LogP contribution >= 0.6 is 0 Å². The van der Waals surface area contributed by atoms with Gasteiger partial charge in [0.2, 0.25) is 0 Å². The van der Waals surface area contributed by atoms with Crippen molar-refractivity contribution in [2.45, 2.75) is 0 Å². The molecule has 0 saturated heterocycles. The first-order valence-electron chi connectivity index (χ1n) is 4.16. The fraction of sp³-hybridized carbons (Fsp3) is 0.250. The minimum Gasteiger partial charge on any atom is -0.366 e. The number of H-pyrrole nitrogens is 1. The van der Waals surface area contributed by atoms with Gasteiger partial charge < -0.3 is 15.6 Å². The highest BCUT2D eigenvalue weighted by molar-refractivity contribution is 6.03. The number of aromatic amines is 1. The van der Waals surface area contributed by atoms with E-state index >= 15 is 0 Å². The van der Waals surface area contributed by atoms with E-state index < -0.39 is 0 Å². The lowest BCUT2D eigenvalue weighted by molar-refractivity contribution is 1.06. The maximum Gasteiger partial charge on any atom is 0.199 e. The van der Waals surface area contributed by atoms with Crippen LogP contribution in [0.25, 0.3) is 0 Å². The largest absolute Gasteiger partial charge is 0.366 e. The summed E-state index contributed by atoms with van der Waals surface area (Å²) in [4.78, 5) is 6.77. The summed E-state index contributed by atoms with van der Waals surface area (Å²) in [6, 6.07) is 1.83. The van der Waals surface area contributed by atoms with Gasteiger partial charge in [-0.3, -0.25) is 15.7 Å². The molecule has 1 heterocycles. The van der Waals surface area contributed by atoms with Crippen LogP contribution in [0.5, 0.6) is 0 Å². The highest BCUT2D eigenvalue weighted by Gasteiger charge is 1.99. The number of guanidine groups is 2. The quantitative estimate of drug-likeness (QED) is 0.326. The molecular weight excluding hydrogens is 180 g/mol. The molecule has 6 nitrogen and oxygen atoms in total. The molecule has 5 N–H and O–H groups in total. The molecule has 6 heteroatoms. The van der Waals surface area contributed by atoms with Gasteiger partial charge in [-0.05, 0) is 6.07 Å². The minimum absolute atomic E-state index is 0.166. The van der Waals surface area contributed by atoms with Crippen LogP contribution in [0.4, 0.5) is 5.69 Å². The average molecular weight is 194 g/mol. The molecule has 0 aromatic carbocycles. The first kappa shape index (κ1) is 10.1. The molecule has 0 amide bonds. The zero-order valence-electron chi connectivity index (χ0n) is 8.18. The highest BCUT2D eigenvalue weighted by atomic mass is 15.2. The number of hydrogen-bond donors (Lipinski definition) is 5. The molecule has 76 valence electrons. The zero-order chi connectivity index (χ0) is 10.4. The van der Waals surface area contributed by atoms with E-state index in [2.05, 4.69) is 25.9 Å². The molecule has 1 aromatic heterocycles. The SMILES string of the molecule is C/N=C(\NC)NC(=N)Nc1cc[nH]c1. The van der Waals surface area contributed by atoms with Gasteiger partial charge in [0.1, 0.15) is 0 Å². The van der Waals surface area contributed by atoms with Crippen LogP contribution in [0.1, 0.15) is 0 Å². The molecule has 0 fully saturated rings. The maximum absolute atomic E-state index is 7.55.